The van der Waals surface area contributed by atoms with Gasteiger partial charge in [0.15, 0.2) is 5.76 Å². The van der Waals surface area contributed by atoms with Gasteiger partial charge in [-0.3, -0.25) is 4.79 Å². The van der Waals surface area contributed by atoms with Crippen LogP contribution in [0.25, 0.3) is 0 Å². The molecule has 1 amide bonds. The lowest BCUT2D eigenvalue weighted by Crippen LogP contribution is -2.38. The molecule has 1 unspecified atom stereocenters. The first-order valence-corrected chi connectivity index (χ1v) is 8.49. The van der Waals surface area contributed by atoms with E-state index in [0.717, 1.165) is 18.9 Å². The van der Waals surface area contributed by atoms with E-state index in [4.69, 9.17) is 4.42 Å². The molecule has 5 rings (SSSR count). The van der Waals surface area contributed by atoms with E-state index in [1.54, 1.807) is 18.4 Å². The fourth-order valence-electron chi connectivity index (χ4n) is 4.31. The number of amides is 1. The first kappa shape index (κ1) is 13.3. The fraction of sp³-hybridized carbons (Fsp3) is 0.588. The Bertz CT molecular complexity index is 728. The maximum atomic E-state index is 12.7. The molecule has 3 aliphatic rings. The molecule has 0 radical (unpaired) electrons. The monoisotopic (exact) mass is 312 g/mol. The van der Waals surface area contributed by atoms with Crippen LogP contribution in [0.15, 0.2) is 29.1 Å². The summed E-state index contributed by atoms with van der Waals surface area (Å²) in [6.07, 6.45) is 9.48. The number of aromatic nitrogens is 3. The zero-order valence-corrected chi connectivity index (χ0v) is 13.0. The molecule has 3 heterocycles. The van der Waals surface area contributed by atoms with Crippen molar-refractivity contribution >= 4 is 5.91 Å². The molecule has 2 saturated carbocycles. The molecule has 1 aliphatic heterocycles. The minimum absolute atomic E-state index is 0.00117. The van der Waals surface area contributed by atoms with Gasteiger partial charge >= 0.3 is 0 Å². The van der Waals surface area contributed by atoms with Crippen LogP contribution >= 0.6 is 0 Å². The first-order chi connectivity index (χ1) is 11.3. The van der Waals surface area contributed by atoms with Crippen molar-refractivity contribution in [2.45, 2.75) is 44.1 Å². The Balaban J connectivity index is 1.46. The highest BCUT2D eigenvalue weighted by Gasteiger charge is 2.54. The summed E-state index contributed by atoms with van der Waals surface area (Å²) in [6.45, 7) is 1.54. The first-order valence-electron chi connectivity index (χ1n) is 8.49. The lowest BCUT2D eigenvalue weighted by Gasteiger charge is -2.42. The Kier molecular flexibility index (Phi) is 2.72. The van der Waals surface area contributed by atoms with Gasteiger partial charge in [-0.05, 0) is 43.2 Å². The number of rotatable bonds is 3. The Morgan fingerprint density at radius 2 is 2.22 bits per heavy atom. The number of furan rings is 1. The quantitative estimate of drug-likeness (QED) is 0.874. The largest absolute Gasteiger partial charge is 0.459 e. The molecule has 1 atom stereocenters. The summed E-state index contributed by atoms with van der Waals surface area (Å²) in [4.78, 5) is 14.6. The molecule has 2 aromatic heterocycles. The summed E-state index contributed by atoms with van der Waals surface area (Å²) in [6, 6.07) is 4.09. The van der Waals surface area contributed by atoms with Gasteiger partial charge in [0.05, 0.1) is 6.26 Å². The Hall–Kier alpha value is -2.11. The number of likely N-dealkylation sites (tertiary alicyclic amines) is 1. The highest BCUT2D eigenvalue weighted by atomic mass is 16.3. The van der Waals surface area contributed by atoms with E-state index >= 15 is 0 Å². The number of nitrogens with zero attached hydrogens (tertiary/aromatic N) is 4. The van der Waals surface area contributed by atoms with Crippen molar-refractivity contribution < 1.29 is 9.21 Å². The van der Waals surface area contributed by atoms with Crippen LogP contribution in [0.4, 0.5) is 0 Å². The summed E-state index contributed by atoms with van der Waals surface area (Å²) in [7, 11) is 0. The van der Waals surface area contributed by atoms with Gasteiger partial charge in [0.2, 0.25) is 0 Å². The lowest BCUT2D eigenvalue weighted by molar-refractivity contribution is 0.0694. The highest BCUT2D eigenvalue weighted by Crippen LogP contribution is 2.56. The van der Waals surface area contributed by atoms with E-state index in [1.165, 1.54) is 32.1 Å². The van der Waals surface area contributed by atoms with E-state index in [2.05, 4.69) is 14.8 Å². The SMILES string of the molecule is O=C(c1ccco1)N1CC(c2nncn2C2CC2)C2(CCC2)C1. The number of carbonyl (C=O) groups is 1. The van der Waals surface area contributed by atoms with Gasteiger partial charge in [0.25, 0.3) is 5.91 Å². The molecule has 0 aromatic carbocycles. The lowest BCUT2D eigenvalue weighted by atomic mass is 9.62. The molecule has 2 aliphatic carbocycles. The van der Waals surface area contributed by atoms with Crippen LogP contribution in [-0.4, -0.2) is 38.7 Å². The van der Waals surface area contributed by atoms with Crippen molar-refractivity contribution in [3.05, 3.63) is 36.3 Å². The summed E-state index contributed by atoms with van der Waals surface area (Å²) >= 11 is 0. The molecule has 6 heteroatoms. The topological polar surface area (TPSA) is 64.2 Å². The molecular formula is C17H20N4O2. The average Bonchev–Trinajstić information content (AvgIpc) is 3.01. The third-order valence-electron chi connectivity index (χ3n) is 5.87. The van der Waals surface area contributed by atoms with Crippen LogP contribution in [0.3, 0.4) is 0 Å². The summed E-state index contributed by atoms with van der Waals surface area (Å²) < 4.78 is 7.56. The molecule has 2 aromatic rings. The van der Waals surface area contributed by atoms with Crippen LogP contribution in [-0.2, 0) is 0 Å². The Morgan fingerprint density at radius 3 is 2.87 bits per heavy atom. The Labute approximate surface area is 134 Å². The third-order valence-corrected chi connectivity index (χ3v) is 5.87. The van der Waals surface area contributed by atoms with Gasteiger partial charge in [-0.1, -0.05) is 6.42 Å². The molecule has 1 spiro atoms. The zero-order chi connectivity index (χ0) is 15.4. The van der Waals surface area contributed by atoms with E-state index in [0.29, 0.717) is 17.7 Å². The van der Waals surface area contributed by atoms with E-state index in [1.807, 2.05) is 11.2 Å². The summed E-state index contributed by atoms with van der Waals surface area (Å²) in [5, 5.41) is 8.61. The van der Waals surface area contributed by atoms with E-state index in [-0.39, 0.29) is 11.3 Å². The molecular weight excluding hydrogens is 292 g/mol. The van der Waals surface area contributed by atoms with Crippen LogP contribution in [0, 0.1) is 5.41 Å². The second kappa shape index (κ2) is 4.69. The van der Waals surface area contributed by atoms with Crippen LogP contribution in [0.2, 0.25) is 0 Å². The van der Waals surface area contributed by atoms with Gasteiger partial charge in [-0.2, -0.15) is 0 Å². The van der Waals surface area contributed by atoms with E-state index < -0.39 is 0 Å². The van der Waals surface area contributed by atoms with Crippen LogP contribution in [0.1, 0.15) is 60.4 Å². The molecule has 0 N–H and O–H groups in total. The van der Waals surface area contributed by atoms with Crippen molar-refractivity contribution in [2.24, 2.45) is 5.41 Å². The second-order valence-corrected chi connectivity index (χ2v) is 7.26. The predicted molar refractivity (Wildman–Crippen MR) is 81.9 cm³/mol. The maximum Gasteiger partial charge on any atom is 0.289 e. The zero-order valence-electron chi connectivity index (χ0n) is 13.0. The van der Waals surface area contributed by atoms with Gasteiger partial charge in [-0.15, -0.1) is 10.2 Å². The van der Waals surface area contributed by atoms with Crippen molar-refractivity contribution in [3.8, 4) is 0 Å². The molecule has 0 bridgehead atoms. The van der Waals surface area contributed by atoms with Crippen molar-refractivity contribution in [3.63, 3.8) is 0 Å². The minimum atomic E-state index is 0.00117. The number of hydrogen-bond acceptors (Lipinski definition) is 4. The molecule has 6 nitrogen and oxygen atoms in total. The molecule has 23 heavy (non-hydrogen) atoms. The van der Waals surface area contributed by atoms with Crippen molar-refractivity contribution in [1.82, 2.24) is 19.7 Å². The standard InChI is InChI=1S/C17H20N4O2/c22-16(14-3-1-8-23-14)20-9-13(17(10-20)6-2-7-17)15-19-18-11-21(15)12-4-5-12/h1,3,8,11-13H,2,4-7,9-10H2. The van der Waals surface area contributed by atoms with Crippen molar-refractivity contribution in [1.29, 1.82) is 0 Å². The minimum Gasteiger partial charge on any atom is -0.459 e. The number of carbonyl (C=O) groups excluding carboxylic acids is 1. The fourth-order valence-corrected chi connectivity index (χ4v) is 4.31. The van der Waals surface area contributed by atoms with Crippen LogP contribution in [0.5, 0.6) is 0 Å². The molecule has 3 fully saturated rings. The highest BCUT2D eigenvalue weighted by molar-refractivity contribution is 5.91. The van der Waals surface area contributed by atoms with Gasteiger partial charge in [0.1, 0.15) is 12.2 Å². The Morgan fingerprint density at radius 1 is 1.35 bits per heavy atom. The van der Waals surface area contributed by atoms with Crippen LogP contribution < -0.4 is 0 Å². The van der Waals surface area contributed by atoms with Gasteiger partial charge < -0.3 is 13.9 Å². The average molecular weight is 312 g/mol. The maximum absolute atomic E-state index is 12.7. The number of hydrogen-bond donors (Lipinski definition) is 0. The van der Waals surface area contributed by atoms with Gasteiger partial charge in [0, 0.05) is 25.0 Å². The predicted octanol–water partition coefficient (Wildman–Crippen LogP) is 2.62. The van der Waals surface area contributed by atoms with Gasteiger partial charge in [-0.25, -0.2) is 0 Å². The van der Waals surface area contributed by atoms with Crippen molar-refractivity contribution in [2.75, 3.05) is 13.1 Å². The summed E-state index contributed by atoms with van der Waals surface area (Å²) in [5.41, 5.74) is 0.196. The normalized spacial score (nSPS) is 25.7. The molecule has 1 saturated heterocycles. The summed E-state index contributed by atoms with van der Waals surface area (Å²) in [5.74, 6) is 1.82. The van der Waals surface area contributed by atoms with E-state index in [9.17, 15) is 4.79 Å². The smallest absolute Gasteiger partial charge is 0.289 e. The third kappa shape index (κ3) is 1.97. The second-order valence-electron chi connectivity index (χ2n) is 7.26. The molecule has 120 valence electrons.